The normalized spacial score (nSPS) is 17.1. The Labute approximate surface area is 170 Å². The summed E-state index contributed by atoms with van der Waals surface area (Å²) in [7, 11) is 0. The minimum atomic E-state index is -0.575. The van der Waals surface area contributed by atoms with E-state index in [4.69, 9.17) is 4.42 Å². The molecule has 1 aromatic carbocycles. The van der Waals surface area contributed by atoms with Gasteiger partial charge in [-0.3, -0.25) is 14.4 Å². The Morgan fingerprint density at radius 2 is 1.76 bits per heavy atom. The van der Waals surface area contributed by atoms with Crippen LogP contribution in [-0.4, -0.2) is 11.6 Å². The molecule has 3 rings (SSSR count). The number of hydrogen-bond donors (Lipinski definition) is 1. The molecular formula is C24H27NO4. The first kappa shape index (κ1) is 20.8. The van der Waals surface area contributed by atoms with Gasteiger partial charge in [0.25, 0.3) is 0 Å². The third-order valence-corrected chi connectivity index (χ3v) is 5.25. The van der Waals surface area contributed by atoms with E-state index < -0.39 is 5.92 Å². The Balaban J connectivity index is 2.36. The maximum atomic E-state index is 13.2. The summed E-state index contributed by atoms with van der Waals surface area (Å²) >= 11 is 0. The second-order valence-electron chi connectivity index (χ2n) is 8.16. The number of carbonyl (C=O) groups excluding carboxylic acids is 2. The third-order valence-electron chi connectivity index (χ3n) is 5.25. The molecule has 1 N–H and O–H groups in total. The highest BCUT2D eigenvalue weighted by Gasteiger charge is 2.36. The van der Waals surface area contributed by atoms with Gasteiger partial charge in [-0.15, -0.1) is 0 Å². The van der Waals surface area contributed by atoms with Gasteiger partial charge in [0.2, 0.25) is 0 Å². The van der Waals surface area contributed by atoms with Crippen molar-refractivity contribution in [2.75, 3.05) is 0 Å². The molecule has 1 aliphatic heterocycles. The van der Waals surface area contributed by atoms with Crippen molar-refractivity contribution < 1.29 is 14.0 Å². The number of rotatable bonds is 5. The molecule has 0 saturated carbocycles. The number of aryl methyl sites for hydroxylation is 1. The Morgan fingerprint density at radius 1 is 1.10 bits per heavy atom. The molecule has 0 aliphatic carbocycles. The van der Waals surface area contributed by atoms with Crippen LogP contribution in [0.1, 0.15) is 58.3 Å². The molecule has 0 spiro atoms. The Morgan fingerprint density at radius 3 is 2.38 bits per heavy atom. The van der Waals surface area contributed by atoms with Crippen molar-refractivity contribution in [2.45, 2.75) is 53.9 Å². The number of fused-ring (bicyclic) bond motifs is 1. The first-order valence-corrected chi connectivity index (χ1v) is 9.87. The number of carbonyl (C=O) groups is 2. The smallest absolute Gasteiger partial charge is 0.192 e. The zero-order valence-corrected chi connectivity index (χ0v) is 17.8. The van der Waals surface area contributed by atoms with Gasteiger partial charge in [-0.1, -0.05) is 26.0 Å². The van der Waals surface area contributed by atoms with Gasteiger partial charge in [-0.2, -0.15) is 0 Å². The van der Waals surface area contributed by atoms with E-state index >= 15 is 0 Å². The van der Waals surface area contributed by atoms with E-state index in [2.05, 4.69) is 5.32 Å². The third kappa shape index (κ3) is 3.82. The zero-order valence-electron chi connectivity index (χ0n) is 17.8. The SMILES string of the molecule is CC(=O)C1=C(C)NC(C)=C(C(=O)CC(C)C)C1c1cccc2c(=O)cc(C)oc12. The lowest BCUT2D eigenvalue weighted by atomic mass is 9.76. The van der Waals surface area contributed by atoms with Crippen molar-refractivity contribution in [1.29, 1.82) is 0 Å². The van der Waals surface area contributed by atoms with Crippen molar-refractivity contribution in [3.05, 3.63) is 68.4 Å². The van der Waals surface area contributed by atoms with Crippen LogP contribution in [0.25, 0.3) is 11.0 Å². The Bertz CT molecular complexity index is 1130. The van der Waals surface area contributed by atoms with E-state index in [0.29, 0.717) is 45.6 Å². The summed E-state index contributed by atoms with van der Waals surface area (Å²) in [6.07, 6.45) is 0.378. The predicted octanol–water partition coefficient (Wildman–Crippen LogP) is 4.54. The second kappa shape index (κ2) is 7.82. The summed E-state index contributed by atoms with van der Waals surface area (Å²) in [5.41, 5.74) is 3.49. The molecule has 1 unspecified atom stereocenters. The summed E-state index contributed by atoms with van der Waals surface area (Å²) < 4.78 is 5.95. The fourth-order valence-corrected chi connectivity index (χ4v) is 4.17. The van der Waals surface area contributed by atoms with Crippen LogP contribution in [-0.2, 0) is 9.59 Å². The van der Waals surface area contributed by atoms with Crippen LogP contribution < -0.4 is 10.7 Å². The van der Waals surface area contributed by atoms with Gasteiger partial charge in [-0.05, 0) is 39.7 Å². The van der Waals surface area contributed by atoms with Crippen molar-refractivity contribution in [3.63, 3.8) is 0 Å². The molecule has 0 radical (unpaired) electrons. The highest BCUT2D eigenvalue weighted by molar-refractivity contribution is 6.05. The average molecular weight is 393 g/mol. The van der Waals surface area contributed by atoms with Crippen LogP contribution in [0, 0.1) is 12.8 Å². The van der Waals surface area contributed by atoms with Crippen molar-refractivity contribution in [3.8, 4) is 0 Å². The number of ketones is 2. The number of Topliss-reactive ketones (excluding diaryl/α,β-unsaturated/α-hetero) is 2. The minimum Gasteiger partial charge on any atom is -0.461 e. The van der Waals surface area contributed by atoms with Gasteiger partial charge < -0.3 is 9.73 Å². The second-order valence-corrected chi connectivity index (χ2v) is 8.16. The molecule has 29 heavy (non-hydrogen) atoms. The van der Waals surface area contributed by atoms with Crippen molar-refractivity contribution in [1.82, 2.24) is 5.32 Å². The number of nitrogens with one attached hydrogen (secondary N) is 1. The van der Waals surface area contributed by atoms with E-state index in [0.717, 1.165) is 5.70 Å². The van der Waals surface area contributed by atoms with E-state index in [1.807, 2.05) is 33.8 Å². The fourth-order valence-electron chi connectivity index (χ4n) is 4.17. The first-order chi connectivity index (χ1) is 13.6. The highest BCUT2D eigenvalue weighted by Crippen LogP contribution is 2.42. The summed E-state index contributed by atoms with van der Waals surface area (Å²) in [5, 5.41) is 3.66. The van der Waals surface area contributed by atoms with Crippen molar-refractivity contribution in [2.24, 2.45) is 5.92 Å². The van der Waals surface area contributed by atoms with Crippen LogP contribution in [0.15, 0.2) is 56.0 Å². The fraction of sp³-hybridized carbons (Fsp3) is 0.375. The zero-order chi connectivity index (χ0) is 21.5. The number of para-hydroxylation sites is 1. The molecule has 0 amide bonds. The molecule has 1 atom stereocenters. The number of dihydropyridines is 1. The van der Waals surface area contributed by atoms with Gasteiger partial charge >= 0.3 is 0 Å². The molecule has 152 valence electrons. The van der Waals surface area contributed by atoms with Crippen LogP contribution in [0.2, 0.25) is 0 Å². The maximum Gasteiger partial charge on any atom is 0.192 e. The lowest BCUT2D eigenvalue weighted by molar-refractivity contribution is -0.116. The van der Waals surface area contributed by atoms with E-state index in [-0.39, 0.29) is 22.9 Å². The Kier molecular flexibility index (Phi) is 5.60. The first-order valence-electron chi connectivity index (χ1n) is 9.87. The van der Waals surface area contributed by atoms with Crippen LogP contribution >= 0.6 is 0 Å². The predicted molar refractivity (Wildman–Crippen MR) is 114 cm³/mol. The standard InChI is InChI=1S/C24H27NO4/c1-12(2)10-20(28)22-15(5)25-14(4)21(16(6)26)23(22)18-9-7-8-17-19(27)11-13(3)29-24(17)18/h7-9,11-12,23,25H,10H2,1-6H3. The molecule has 0 fully saturated rings. The van der Waals surface area contributed by atoms with E-state index in [1.165, 1.54) is 13.0 Å². The summed E-state index contributed by atoms with van der Waals surface area (Å²) in [6.45, 7) is 10.9. The van der Waals surface area contributed by atoms with Gasteiger partial charge in [0.05, 0.1) is 5.39 Å². The highest BCUT2D eigenvalue weighted by atomic mass is 16.3. The Hall–Kier alpha value is -2.95. The molecule has 2 aromatic rings. The summed E-state index contributed by atoms with van der Waals surface area (Å²) in [4.78, 5) is 38.4. The maximum absolute atomic E-state index is 13.2. The number of benzene rings is 1. The molecule has 5 heteroatoms. The van der Waals surface area contributed by atoms with Crippen molar-refractivity contribution >= 4 is 22.5 Å². The van der Waals surface area contributed by atoms with Gasteiger partial charge in [-0.25, -0.2) is 0 Å². The molecular weight excluding hydrogens is 366 g/mol. The number of hydrogen-bond acceptors (Lipinski definition) is 5. The quantitative estimate of drug-likeness (QED) is 0.807. The lowest BCUT2D eigenvalue weighted by Crippen LogP contribution is -2.31. The molecule has 0 saturated heterocycles. The molecule has 1 aromatic heterocycles. The molecule has 5 nitrogen and oxygen atoms in total. The van der Waals surface area contributed by atoms with Crippen LogP contribution in [0.5, 0.6) is 0 Å². The van der Waals surface area contributed by atoms with Gasteiger partial charge in [0.15, 0.2) is 17.0 Å². The summed E-state index contributed by atoms with van der Waals surface area (Å²) in [5.74, 6) is -0.0232. The molecule has 0 bridgehead atoms. The monoisotopic (exact) mass is 393 g/mol. The van der Waals surface area contributed by atoms with E-state index in [9.17, 15) is 14.4 Å². The molecule has 1 aliphatic rings. The number of allylic oxidation sites excluding steroid dienone is 4. The topological polar surface area (TPSA) is 76.4 Å². The van der Waals surface area contributed by atoms with Crippen LogP contribution in [0.3, 0.4) is 0 Å². The van der Waals surface area contributed by atoms with Gasteiger partial charge in [0.1, 0.15) is 11.3 Å². The largest absolute Gasteiger partial charge is 0.461 e. The van der Waals surface area contributed by atoms with Gasteiger partial charge in [0, 0.05) is 46.5 Å². The minimum absolute atomic E-state index is 0.00625. The van der Waals surface area contributed by atoms with E-state index in [1.54, 1.807) is 19.1 Å². The molecule has 2 heterocycles. The summed E-state index contributed by atoms with van der Waals surface area (Å²) in [6, 6.07) is 6.78. The van der Waals surface area contributed by atoms with Crippen LogP contribution in [0.4, 0.5) is 0 Å². The lowest BCUT2D eigenvalue weighted by Gasteiger charge is -2.31. The average Bonchev–Trinajstić information content (AvgIpc) is 2.59.